The molecule has 1 aromatic heterocycles. The average molecular weight is 226 g/mol. The van der Waals surface area contributed by atoms with Crippen molar-refractivity contribution in [1.29, 1.82) is 0 Å². The van der Waals surface area contributed by atoms with Gasteiger partial charge in [-0.2, -0.15) is 11.8 Å². The van der Waals surface area contributed by atoms with Gasteiger partial charge in [-0.1, -0.05) is 0 Å². The third-order valence-corrected chi connectivity index (χ3v) is 2.49. The van der Waals surface area contributed by atoms with Gasteiger partial charge >= 0.3 is 0 Å². The van der Waals surface area contributed by atoms with Gasteiger partial charge in [0.1, 0.15) is 5.75 Å². The van der Waals surface area contributed by atoms with E-state index in [0.29, 0.717) is 12.1 Å². The van der Waals surface area contributed by atoms with Gasteiger partial charge in [-0.25, -0.2) is 0 Å². The minimum atomic E-state index is -0.195. The number of rotatable bonds is 5. The molecule has 0 spiro atoms. The molecule has 0 bridgehead atoms. The van der Waals surface area contributed by atoms with Gasteiger partial charge in [-0.3, -0.25) is 9.78 Å². The minimum absolute atomic E-state index is 0.00626. The van der Waals surface area contributed by atoms with E-state index in [0.717, 1.165) is 12.2 Å². The Bertz CT molecular complexity index is 331. The lowest BCUT2D eigenvalue weighted by Crippen LogP contribution is -2.24. The van der Waals surface area contributed by atoms with Crippen molar-refractivity contribution in [2.24, 2.45) is 0 Å². The number of aromatic hydroxyl groups is 1. The van der Waals surface area contributed by atoms with Crippen LogP contribution in [-0.4, -0.2) is 34.6 Å². The zero-order chi connectivity index (χ0) is 11.1. The molecule has 1 aromatic rings. The number of pyridine rings is 1. The third-order valence-electron chi connectivity index (χ3n) is 1.80. The normalized spacial score (nSPS) is 9.93. The summed E-state index contributed by atoms with van der Waals surface area (Å²) in [4.78, 5) is 15.2. The van der Waals surface area contributed by atoms with E-state index in [1.165, 1.54) is 18.5 Å². The number of carbonyl (C=O) groups excluding carboxylic acids is 1. The number of nitrogens with one attached hydrogen (secondary N) is 1. The largest absolute Gasteiger partial charge is 0.506 e. The fraction of sp³-hybridized carbons (Fsp3) is 0.400. The van der Waals surface area contributed by atoms with E-state index in [2.05, 4.69) is 10.3 Å². The zero-order valence-corrected chi connectivity index (χ0v) is 9.38. The number of hydrogen-bond donors (Lipinski definition) is 2. The van der Waals surface area contributed by atoms with Crippen LogP contribution in [0.4, 0.5) is 0 Å². The van der Waals surface area contributed by atoms with Crippen molar-refractivity contribution < 1.29 is 9.90 Å². The zero-order valence-electron chi connectivity index (χ0n) is 8.56. The second-order valence-corrected chi connectivity index (χ2v) is 4.02. The molecular formula is C10H14N2O2S. The Morgan fingerprint density at radius 3 is 3.07 bits per heavy atom. The summed E-state index contributed by atoms with van der Waals surface area (Å²) in [5.74, 6) is 0.838. The van der Waals surface area contributed by atoms with Crippen LogP contribution >= 0.6 is 11.8 Å². The van der Waals surface area contributed by atoms with Crippen molar-refractivity contribution in [2.75, 3.05) is 18.6 Å². The van der Waals surface area contributed by atoms with Gasteiger partial charge in [-0.05, 0) is 24.5 Å². The van der Waals surface area contributed by atoms with E-state index >= 15 is 0 Å². The Hall–Kier alpha value is -1.23. The molecule has 1 amide bonds. The first-order valence-electron chi connectivity index (χ1n) is 4.65. The molecule has 0 aromatic carbocycles. The van der Waals surface area contributed by atoms with Crippen LogP contribution in [0.3, 0.4) is 0 Å². The molecular weight excluding hydrogens is 212 g/mol. The molecule has 82 valence electrons. The maximum atomic E-state index is 11.5. The van der Waals surface area contributed by atoms with Gasteiger partial charge in [0.05, 0.1) is 11.8 Å². The van der Waals surface area contributed by atoms with Gasteiger partial charge in [0.15, 0.2) is 0 Å². The molecule has 0 fully saturated rings. The number of aromatic nitrogens is 1. The van der Waals surface area contributed by atoms with Crippen LogP contribution in [0.25, 0.3) is 0 Å². The quantitative estimate of drug-likeness (QED) is 0.742. The topological polar surface area (TPSA) is 62.2 Å². The van der Waals surface area contributed by atoms with Crippen LogP contribution in [0.5, 0.6) is 5.75 Å². The number of carbonyl (C=O) groups is 1. The Morgan fingerprint density at radius 2 is 2.40 bits per heavy atom. The fourth-order valence-corrected chi connectivity index (χ4v) is 1.51. The molecule has 1 rings (SSSR count). The fourth-order valence-electron chi connectivity index (χ4n) is 1.07. The van der Waals surface area contributed by atoms with Crippen LogP contribution in [0, 0.1) is 0 Å². The van der Waals surface area contributed by atoms with Gasteiger partial charge in [0.25, 0.3) is 5.91 Å². The summed E-state index contributed by atoms with van der Waals surface area (Å²) < 4.78 is 0. The van der Waals surface area contributed by atoms with Crippen molar-refractivity contribution in [3.8, 4) is 5.75 Å². The smallest absolute Gasteiger partial charge is 0.252 e. The first kappa shape index (κ1) is 11.8. The van der Waals surface area contributed by atoms with Gasteiger partial charge in [0.2, 0.25) is 0 Å². The van der Waals surface area contributed by atoms with Crippen molar-refractivity contribution in [2.45, 2.75) is 6.42 Å². The molecule has 0 saturated heterocycles. The van der Waals surface area contributed by atoms with Gasteiger partial charge < -0.3 is 10.4 Å². The summed E-state index contributed by atoms with van der Waals surface area (Å²) in [6.45, 7) is 0.648. The Balaban J connectivity index is 2.40. The second-order valence-electron chi connectivity index (χ2n) is 3.03. The highest BCUT2D eigenvalue weighted by molar-refractivity contribution is 7.98. The van der Waals surface area contributed by atoms with E-state index < -0.39 is 0 Å². The SMILES string of the molecule is CSCCCNC(=O)c1cncc(O)c1. The van der Waals surface area contributed by atoms with Crippen molar-refractivity contribution in [3.05, 3.63) is 24.0 Å². The lowest BCUT2D eigenvalue weighted by atomic mass is 10.2. The highest BCUT2D eigenvalue weighted by Gasteiger charge is 2.05. The van der Waals surface area contributed by atoms with Crippen LogP contribution in [0.2, 0.25) is 0 Å². The van der Waals surface area contributed by atoms with Gasteiger partial charge in [-0.15, -0.1) is 0 Å². The molecule has 0 aliphatic rings. The molecule has 0 aliphatic heterocycles. The Morgan fingerprint density at radius 1 is 1.60 bits per heavy atom. The van der Waals surface area contributed by atoms with Gasteiger partial charge in [0, 0.05) is 12.7 Å². The second kappa shape index (κ2) is 6.29. The molecule has 0 atom stereocenters. The van der Waals surface area contributed by atoms with E-state index in [9.17, 15) is 4.79 Å². The first-order valence-corrected chi connectivity index (χ1v) is 6.04. The molecule has 0 saturated carbocycles. The first-order chi connectivity index (χ1) is 7.24. The van der Waals surface area contributed by atoms with Crippen molar-refractivity contribution >= 4 is 17.7 Å². The average Bonchev–Trinajstić information content (AvgIpc) is 2.24. The summed E-state index contributed by atoms with van der Waals surface area (Å²) in [5.41, 5.74) is 0.388. The van der Waals surface area contributed by atoms with Crippen LogP contribution in [-0.2, 0) is 0 Å². The van der Waals surface area contributed by atoms with Crippen molar-refractivity contribution in [3.63, 3.8) is 0 Å². The summed E-state index contributed by atoms with van der Waals surface area (Å²) in [5, 5.41) is 11.9. The predicted octanol–water partition coefficient (Wildman–Crippen LogP) is 1.27. The Labute approximate surface area is 93.1 Å². The standard InChI is InChI=1S/C10H14N2O2S/c1-15-4-2-3-12-10(14)8-5-9(13)7-11-6-8/h5-7,13H,2-4H2,1H3,(H,12,14). The van der Waals surface area contributed by atoms with E-state index in [-0.39, 0.29) is 11.7 Å². The van der Waals surface area contributed by atoms with Crippen molar-refractivity contribution in [1.82, 2.24) is 10.3 Å². The molecule has 1 heterocycles. The molecule has 0 unspecified atom stereocenters. The van der Waals surface area contributed by atoms with E-state index in [1.54, 1.807) is 11.8 Å². The third kappa shape index (κ3) is 4.20. The lowest BCUT2D eigenvalue weighted by molar-refractivity contribution is 0.0953. The summed E-state index contributed by atoms with van der Waals surface area (Å²) >= 11 is 1.75. The molecule has 2 N–H and O–H groups in total. The Kier molecular flexibility index (Phi) is 4.97. The molecule has 0 aliphatic carbocycles. The number of hydrogen-bond acceptors (Lipinski definition) is 4. The molecule has 5 heteroatoms. The summed E-state index contributed by atoms with van der Waals surface area (Å²) in [7, 11) is 0. The van der Waals surface area contributed by atoms with Crippen LogP contribution in [0.15, 0.2) is 18.5 Å². The number of amides is 1. The minimum Gasteiger partial charge on any atom is -0.506 e. The molecule has 15 heavy (non-hydrogen) atoms. The predicted molar refractivity (Wildman–Crippen MR) is 61.2 cm³/mol. The molecule has 0 radical (unpaired) electrons. The lowest BCUT2D eigenvalue weighted by Gasteiger charge is -2.04. The number of thioether (sulfide) groups is 1. The summed E-state index contributed by atoms with van der Waals surface area (Å²) in [6, 6.07) is 1.40. The number of nitrogens with zero attached hydrogens (tertiary/aromatic N) is 1. The highest BCUT2D eigenvalue weighted by atomic mass is 32.2. The van der Waals surface area contributed by atoms with E-state index in [1.807, 2.05) is 6.26 Å². The molecule has 4 nitrogen and oxygen atoms in total. The van der Waals surface area contributed by atoms with E-state index in [4.69, 9.17) is 5.11 Å². The maximum Gasteiger partial charge on any atom is 0.252 e. The monoisotopic (exact) mass is 226 g/mol. The highest BCUT2D eigenvalue weighted by Crippen LogP contribution is 2.07. The van der Waals surface area contributed by atoms with Crippen LogP contribution < -0.4 is 5.32 Å². The maximum absolute atomic E-state index is 11.5. The van der Waals surface area contributed by atoms with Crippen LogP contribution in [0.1, 0.15) is 16.8 Å². The summed E-state index contributed by atoms with van der Waals surface area (Å²) in [6.07, 6.45) is 5.70.